The molecular weight excluding hydrogens is 366 g/mol. The predicted molar refractivity (Wildman–Crippen MR) is 105 cm³/mol. The summed E-state index contributed by atoms with van der Waals surface area (Å²) in [4.78, 5) is 37.6. The number of esters is 1. The molecule has 0 bridgehead atoms. The highest BCUT2D eigenvalue weighted by molar-refractivity contribution is 8.18. The molecule has 1 aliphatic heterocycles. The molecule has 1 aromatic rings. The van der Waals surface area contributed by atoms with Gasteiger partial charge in [-0.05, 0) is 69.6 Å². The lowest BCUT2D eigenvalue weighted by Crippen LogP contribution is -2.37. The van der Waals surface area contributed by atoms with E-state index in [0.717, 1.165) is 34.4 Å². The van der Waals surface area contributed by atoms with Gasteiger partial charge in [0.15, 0.2) is 0 Å². The molecule has 1 saturated heterocycles. The maximum absolute atomic E-state index is 12.5. The number of imide groups is 1. The Bertz CT molecular complexity index is 749. The minimum atomic E-state index is -0.673. The van der Waals surface area contributed by atoms with Gasteiger partial charge in [-0.25, -0.2) is 0 Å². The van der Waals surface area contributed by atoms with Gasteiger partial charge in [0.05, 0.1) is 11.0 Å². The first-order chi connectivity index (χ1) is 12.6. The lowest BCUT2D eigenvalue weighted by molar-refractivity contribution is -0.156. The third kappa shape index (κ3) is 6.13. The molecule has 0 aromatic heterocycles. The number of hydrogen-bond donors (Lipinski definition) is 0. The van der Waals surface area contributed by atoms with Crippen LogP contribution in [-0.2, 0) is 14.3 Å². The van der Waals surface area contributed by atoms with Crippen LogP contribution in [0.25, 0.3) is 6.08 Å². The van der Waals surface area contributed by atoms with E-state index in [-0.39, 0.29) is 17.6 Å². The number of nitrogens with zero attached hydrogens (tertiary/aromatic N) is 1. The minimum absolute atomic E-state index is 0.125. The van der Waals surface area contributed by atoms with E-state index in [0.29, 0.717) is 0 Å². The van der Waals surface area contributed by atoms with Gasteiger partial charge in [-0.1, -0.05) is 19.1 Å². The third-order valence-electron chi connectivity index (χ3n) is 3.67. The van der Waals surface area contributed by atoms with Gasteiger partial charge in [-0.2, -0.15) is 0 Å². The summed E-state index contributed by atoms with van der Waals surface area (Å²) >= 11 is 0.815. The van der Waals surface area contributed by atoms with E-state index in [2.05, 4.69) is 0 Å². The van der Waals surface area contributed by atoms with Crippen molar-refractivity contribution < 1.29 is 23.9 Å². The van der Waals surface area contributed by atoms with E-state index in [1.165, 1.54) is 0 Å². The van der Waals surface area contributed by atoms with Crippen molar-refractivity contribution in [2.24, 2.45) is 0 Å². The zero-order valence-electron chi connectivity index (χ0n) is 16.3. The number of amides is 2. The molecule has 1 fully saturated rings. The molecule has 2 rings (SSSR count). The fraction of sp³-hybridized carbons (Fsp3) is 0.450. The SMILES string of the molecule is CC[C@H](C)Oc1ccc(/C=C2/SC(=O)N(CC(=O)OC(C)(C)C)C2=O)cc1. The number of ether oxygens (including phenoxy) is 2. The van der Waals surface area contributed by atoms with E-state index in [4.69, 9.17) is 9.47 Å². The van der Waals surface area contributed by atoms with Gasteiger partial charge >= 0.3 is 5.97 Å². The zero-order chi connectivity index (χ0) is 20.2. The van der Waals surface area contributed by atoms with Crippen LogP contribution in [0, 0.1) is 0 Å². The first-order valence-electron chi connectivity index (χ1n) is 8.83. The lowest BCUT2D eigenvalue weighted by Gasteiger charge is -2.21. The molecule has 0 saturated carbocycles. The van der Waals surface area contributed by atoms with Crippen LogP contribution in [0.1, 0.15) is 46.6 Å². The molecule has 27 heavy (non-hydrogen) atoms. The summed E-state index contributed by atoms with van der Waals surface area (Å²) < 4.78 is 10.9. The van der Waals surface area contributed by atoms with Crippen molar-refractivity contribution >= 4 is 35.0 Å². The summed E-state index contributed by atoms with van der Waals surface area (Å²) in [5.41, 5.74) is 0.0997. The van der Waals surface area contributed by atoms with Crippen LogP contribution in [0.5, 0.6) is 5.75 Å². The van der Waals surface area contributed by atoms with Crippen molar-refractivity contribution in [2.75, 3.05) is 6.54 Å². The molecule has 1 aliphatic rings. The van der Waals surface area contributed by atoms with Crippen molar-refractivity contribution in [3.63, 3.8) is 0 Å². The number of thioether (sulfide) groups is 1. The summed E-state index contributed by atoms with van der Waals surface area (Å²) in [7, 11) is 0. The van der Waals surface area contributed by atoms with E-state index in [9.17, 15) is 14.4 Å². The zero-order valence-corrected chi connectivity index (χ0v) is 17.1. The Morgan fingerprint density at radius 1 is 1.22 bits per heavy atom. The molecule has 1 aromatic carbocycles. The van der Waals surface area contributed by atoms with E-state index in [1.54, 1.807) is 26.8 Å². The fourth-order valence-electron chi connectivity index (χ4n) is 2.25. The fourth-order valence-corrected chi connectivity index (χ4v) is 3.09. The maximum Gasteiger partial charge on any atom is 0.326 e. The molecule has 2 amide bonds. The highest BCUT2D eigenvalue weighted by atomic mass is 32.2. The Hall–Kier alpha value is -2.28. The van der Waals surface area contributed by atoms with Gasteiger partial charge in [0, 0.05) is 0 Å². The average Bonchev–Trinajstić information content (AvgIpc) is 2.82. The maximum atomic E-state index is 12.5. The second kappa shape index (κ2) is 8.61. The van der Waals surface area contributed by atoms with Gasteiger partial charge < -0.3 is 9.47 Å². The smallest absolute Gasteiger partial charge is 0.326 e. The summed E-state index contributed by atoms with van der Waals surface area (Å²) in [5, 5.41) is -0.478. The molecule has 0 radical (unpaired) electrons. The number of hydrogen-bond acceptors (Lipinski definition) is 6. The van der Waals surface area contributed by atoms with Gasteiger partial charge in [-0.3, -0.25) is 19.3 Å². The van der Waals surface area contributed by atoms with E-state index in [1.807, 2.05) is 38.1 Å². The number of carbonyl (C=O) groups is 3. The van der Waals surface area contributed by atoms with Crippen LogP contribution in [0.4, 0.5) is 4.79 Å². The Balaban J connectivity index is 2.06. The molecule has 0 spiro atoms. The molecule has 6 nitrogen and oxygen atoms in total. The standard InChI is InChI=1S/C20H25NO5S/c1-6-13(2)25-15-9-7-14(8-10-15)11-16-18(23)21(19(24)27-16)12-17(22)26-20(3,4)5/h7-11,13H,6,12H2,1-5H3/b16-11+/t13-/m0/s1. The number of benzene rings is 1. The first kappa shape index (κ1) is 21.0. The molecule has 1 heterocycles. The van der Waals surface area contributed by atoms with E-state index < -0.39 is 22.7 Å². The molecule has 0 aliphatic carbocycles. The average molecular weight is 391 g/mol. The van der Waals surface area contributed by atoms with Crippen molar-refractivity contribution in [1.29, 1.82) is 0 Å². The second-order valence-electron chi connectivity index (χ2n) is 7.26. The molecule has 7 heteroatoms. The predicted octanol–water partition coefficient (Wildman–Crippen LogP) is 4.24. The summed E-state index contributed by atoms with van der Waals surface area (Å²) in [6, 6.07) is 7.28. The van der Waals surface area contributed by atoms with Gasteiger partial charge in [0.25, 0.3) is 11.1 Å². The molecule has 146 valence electrons. The van der Waals surface area contributed by atoms with E-state index >= 15 is 0 Å². The third-order valence-corrected chi connectivity index (χ3v) is 4.58. The van der Waals surface area contributed by atoms with Crippen molar-refractivity contribution in [3.05, 3.63) is 34.7 Å². The van der Waals surface area contributed by atoms with Crippen LogP contribution in [0.2, 0.25) is 0 Å². The normalized spacial score (nSPS) is 17.4. The Labute approximate surface area is 163 Å². The Morgan fingerprint density at radius 3 is 2.41 bits per heavy atom. The van der Waals surface area contributed by atoms with Crippen LogP contribution in [0.15, 0.2) is 29.2 Å². The van der Waals surface area contributed by atoms with Crippen LogP contribution in [0.3, 0.4) is 0 Å². The Kier molecular flexibility index (Phi) is 6.70. The lowest BCUT2D eigenvalue weighted by atomic mass is 10.2. The number of carbonyl (C=O) groups excluding carboxylic acids is 3. The Morgan fingerprint density at radius 2 is 1.85 bits per heavy atom. The highest BCUT2D eigenvalue weighted by Gasteiger charge is 2.37. The minimum Gasteiger partial charge on any atom is -0.491 e. The first-order valence-corrected chi connectivity index (χ1v) is 9.64. The summed E-state index contributed by atoms with van der Waals surface area (Å²) in [6.07, 6.45) is 2.67. The second-order valence-corrected chi connectivity index (χ2v) is 8.25. The largest absolute Gasteiger partial charge is 0.491 e. The molecule has 0 N–H and O–H groups in total. The van der Waals surface area contributed by atoms with Crippen LogP contribution < -0.4 is 4.74 Å². The molecule has 0 unspecified atom stereocenters. The van der Waals surface area contributed by atoms with Crippen molar-refractivity contribution in [2.45, 2.75) is 52.7 Å². The number of rotatable bonds is 6. The molecule has 1 atom stereocenters. The molecular formula is C20H25NO5S. The summed E-state index contributed by atoms with van der Waals surface area (Å²) in [5.74, 6) is -0.354. The quantitative estimate of drug-likeness (QED) is 0.533. The monoisotopic (exact) mass is 391 g/mol. The summed E-state index contributed by atoms with van der Waals surface area (Å²) in [6.45, 7) is 8.84. The highest BCUT2D eigenvalue weighted by Crippen LogP contribution is 2.32. The van der Waals surface area contributed by atoms with Crippen LogP contribution >= 0.6 is 11.8 Å². The van der Waals surface area contributed by atoms with Crippen molar-refractivity contribution in [3.8, 4) is 5.75 Å². The van der Waals surface area contributed by atoms with Gasteiger partial charge in [0.1, 0.15) is 17.9 Å². The van der Waals surface area contributed by atoms with Gasteiger partial charge in [0.2, 0.25) is 0 Å². The topological polar surface area (TPSA) is 72.9 Å². The van der Waals surface area contributed by atoms with Gasteiger partial charge in [-0.15, -0.1) is 0 Å². The van der Waals surface area contributed by atoms with Crippen molar-refractivity contribution in [1.82, 2.24) is 4.90 Å². The van der Waals surface area contributed by atoms with Crippen LogP contribution in [-0.4, -0.2) is 40.3 Å².